The van der Waals surface area contributed by atoms with Gasteiger partial charge >= 0.3 is 17.9 Å². The molecule has 0 aliphatic heterocycles. The van der Waals surface area contributed by atoms with Crippen LogP contribution >= 0.6 is 0 Å². The van der Waals surface area contributed by atoms with E-state index in [1.807, 2.05) is 0 Å². The molecule has 23 heavy (non-hydrogen) atoms. The fraction of sp³-hybridized carbons (Fsp3) is 0.438. The average Bonchev–Trinajstić information content (AvgIpc) is 2.42. The van der Waals surface area contributed by atoms with E-state index in [2.05, 4.69) is 0 Å². The minimum Gasteiger partial charge on any atom is -0.481 e. The van der Waals surface area contributed by atoms with Crippen molar-refractivity contribution in [3.63, 3.8) is 0 Å². The maximum absolute atomic E-state index is 12.3. The molecular weight excluding hydrogens is 302 g/mol. The Kier molecular flexibility index (Phi) is 6.27. The summed E-state index contributed by atoms with van der Waals surface area (Å²) in [4.78, 5) is 34.8. The fourth-order valence-corrected chi connectivity index (χ4v) is 1.71. The van der Waals surface area contributed by atoms with Crippen LogP contribution in [0.5, 0.6) is 0 Å². The topological polar surface area (TPSA) is 116 Å². The number of benzene rings is 1. The lowest BCUT2D eigenvalue weighted by Gasteiger charge is -2.24. The Hall–Kier alpha value is -2.41. The van der Waals surface area contributed by atoms with Gasteiger partial charge in [-0.3, -0.25) is 9.59 Å². The quantitative estimate of drug-likeness (QED) is 0.760. The van der Waals surface area contributed by atoms with Crippen LogP contribution in [-0.2, 0) is 23.9 Å². The Morgan fingerprint density at radius 1 is 1.13 bits per heavy atom. The first-order valence-corrected chi connectivity index (χ1v) is 7.06. The third kappa shape index (κ3) is 6.48. The number of carboxylic acid groups (broad SMARTS) is 1. The molecule has 0 aliphatic carbocycles. The average molecular weight is 323 g/mol. The highest BCUT2D eigenvalue weighted by atomic mass is 16.6. The van der Waals surface area contributed by atoms with Crippen molar-refractivity contribution in [2.45, 2.75) is 44.9 Å². The standard InChI is InChI=1S/C16H21NO6/c1-16(2,3)23-15(21)13(10-7-5-4-6-8-10)22-14(20)11(17)9-12(18)19/h4-8,11,13H,9,17H2,1-3H3,(H,18,19)/t11-,13?/m0/s1. The van der Waals surface area contributed by atoms with Gasteiger partial charge in [-0.15, -0.1) is 0 Å². The van der Waals surface area contributed by atoms with E-state index in [1.54, 1.807) is 51.1 Å². The summed E-state index contributed by atoms with van der Waals surface area (Å²) in [5.74, 6) is -2.96. The monoisotopic (exact) mass is 323 g/mol. The molecule has 3 N–H and O–H groups in total. The molecule has 0 spiro atoms. The third-order valence-electron chi connectivity index (χ3n) is 2.65. The van der Waals surface area contributed by atoms with Crippen molar-refractivity contribution in [2.75, 3.05) is 0 Å². The summed E-state index contributed by atoms with van der Waals surface area (Å²) in [6.07, 6.45) is -1.89. The van der Waals surface area contributed by atoms with Crippen LogP contribution in [0, 0.1) is 0 Å². The zero-order valence-corrected chi connectivity index (χ0v) is 13.3. The van der Waals surface area contributed by atoms with E-state index < -0.39 is 42.1 Å². The third-order valence-corrected chi connectivity index (χ3v) is 2.65. The largest absolute Gasteiger partial charge is 0.481 e. The molecule has 1 rings (SSSR count). The van der Waals surface area contributed by atoms with Crippen LogP contribution in [0.4, 0.5) is 0 Å². The normalized spacial score (nSPS) is 13.7. The number of esters is 2. The summed E-state index contributed by atoms with van der Waals surface area (Å²) < 4.78 is 10.3. The molecule has 2 atom stereocenters. The van der Waals surface area contributed by atoms with E-state index in [0.717, 1.165) is 0 Å². The molecule has 7 nitrogen and oxygen atoms in total. The van der Waals surface area contributed by atoms with Gasteiger partial charge in [-0.25, -0.2) is 4.79 Å². The lowest BCUT2D eigenvalue weighted by molar-refractivity contribution is -0.177. The molecule has 0 aliphatic rings. The second kappa shape index (κ2) is 7.73. The maximum Gasteiger partial charge on any atom is 0.352 e. The van der Waals surface area contributed by atoms with Crippen LogP contribution in [0.25, 0.3) is 0 Å². The summed E-state index contributed by atoms with van der Waals surface area (Å²) in [5.41, 5.74) is 5.11. The number of carbonyl (C=O) groups is 3. The molecule has 0 saturated carbocycles. The summed E-state index contributed by atoms with van der Waals surface area (Å²) in [6.45, 7) is 5.06. The molecule has 0 aromatic heterocycles. The van der Waals surface area contributed by atoms with Gasteiger partial charge in [-0.1, -0.05) is 30.3 Å². The fourth-order valence-electron chi connectivity index (χ4n) is 1.71. The molecule has 0 fully saturated rings. The molecule has 0 saturated heterocycles. The smallest absolute Gasteiger partial charge is 0.352 e. The molecule has 0 radical (unpaired) electrons. The number of ether oxygens (including phenoxy) is 2. The molecule has 1 unspecified atom stereocenters. The van der Waals surface area contributed by atoms with Crippen molar-refractivity contribution in [1.29, 1.82) is 0 Å². The molecule has 7 heteroatoms. The highest BCUT2D eigenvalue weighted by molar-refractivity contribution is 5.85. The van der Waals surface area contributed by atoms with Gasteiger partial charge in [0.2, 0.25) is 6.10 Å². The number of hydrogen-bond donors (Lipinski definition) is 2. The molecule has 0 heterocycles. The highest BCUT2D eigenvalue weighted by Gasteiger charge is 2.32. The second-order valence-corrected chi connectivity index (χ2v) is 5.97. The maximum atomic E-state index is 12.3. The molecule has 1 aromatic carbocycles. The highest BCUT2D eigenvalue weighted by Crippen LogP contribution is 2.22. The van der Waals surface area contributed by atoms with E-state index in [1.165, 1.54) is 0 Å². The number of aliphatic carboxylic acids is 1. The van der Waals surface area contributed by atoms with E-state index >= 15 is 0 Å². The van der Waals surface area contributed by atoms with Crippen LogP contribution in [-0.4, -0.2) is 34.7 Å². The zero-order valence-electron chi connectivity index (χ0n) is 13.3. The molecule has 0 amide bonds. The van der Waals surface area contributed by atoms with Crippen LogP contribution in [0.3, 0.4) is 0 Å². The number of hydrogen-bond acceptors (Lipinski definition) is 6. The SMILES string of the molecule is CC(C)(C)OC(=O)C(OC(=O)[C@@H](N)CC(=O)O)c1ccccc1. The Labute approximate surface area is 134 Å². The van der Waals surface area contributed by atoms with Gasteiger partial charge in [0.1, 0.15) is 11.6 Å². The number of nitrogens with two attached hydrogens (primary N) is 1. The molecule has 1 aromatic rings. The van der Waals surface area contributed by atoms with Gasteiger partial charge in [0.25, 0.3) is 0 Å². The Bertz CT molecular complexity index is 564. The summed E-state index contributed by atoms with van der Waals surface area (Å²) in [6, 6.07) is 6.94. The van der Waals surface area contributed by atoms with Crippen LogP contribution in [0.2, 0.25) is 0 Å². The van der Waals surface area contributed by atoms with Crippen LogP contribution in [0.1, 0.15) is 38.9 Å². The zero-order chi connectivity index (χ0) is 17.6. The lowest BCUT2D eigenvalue weighted by Crippen LogP contribution is -2.37. The number of carbonyl (C=O) groups excluding carboxylic acids is 2. The first-order valence-electron chi connectivity index (χ1n) is 7.06. The first kappa shape index (κ1) is 18.6. The Balaban J connectivity index is 2.94. The second-order valence-electron chi connectivity index (χ2n) is 5.97. The van der Waals surface area contributed by atoms with Gasteiger partial charge in [-0.05, 0) is 20.8 Å². The minimum absolute atomic E-state index is 0.414. The van der Waals surface area contributed by atoms with Crippen molar-refractivity contribution in [3.8, 4) is 0 Å². The van der Waals surface area contributed by atoms with E-state index in [9.17, 15) is 14.4 Å². The van der Waals surface area contributed by atoms with Gasteiger partial charge in [0, 0.05) is 5.56 Å². The predicted octanol–water partition coefficient (Wildman–Crippen LogP) is 1.41. The summed E-state index contributed by atoms with van der Waals surface area (Å²) in [7, 11) is 0. The summed E-state index contributed by atoms with van der Waals surface area (Å²) >= 11 is 0. The molecule has 0 bridgehead atoms. The molecule has 126 valence electrons. The predicted molar refractivity (Wildman–Crippen MR) is 81.3 cm³/mol. The van der Waals surface area contributed by atoms with Crippen molar-refractivity contribution in [3.05, 3.63) is 35.9 Å². The lowest BCUT2D eigenvalue weighted by atomic mass is 10.1. The minimum atomic E-state index is -1.36. The van der Waals surface area contributed by atoms with Crippen molar-refractivity contribution < 1.29 is 29.0 Å². The number of carboxylic acids is 1. The van der Waals surface area contributed by atoms with E-state index in [4.69, 9.17) is 20.3 Å². The van der Waals surface area contributed by atoms with Gasteiger partial charge < -0.3 is 20.3 Å². The van der Waals surface area contributed by atoms with E-state index in [0.29, 0.717) is 5.56 Å². The van der Waals surface area contributed by atoms with Gasteiger partial charge in [-0.2, -0.15) is 0 Å². The summed E-state index contributed by atoms with van der Waals surface area (Å²) in [5, 5.41) is 8.67. The number of rotatable bonds is 6. The van der Waals surface area contributed by atoms with E-state index in [-0.39, 0.29) is 0 Å². The van der Waals surface area contributed by atoms with Crippen molar-refractivity contribution >= 4 is 17.9 Å². The Morgan fingerprint density at radius 2 is 1.70 bits per heavy atom. The van der Waals surface area contributed by atoms with Crippen molar-refractivity contribution in [1.82, 2.24) is 0 Å². The first-order chi connectivity index (χ1) is 10.6. The molecular formula is C16H21NO6. The van der Waals surface area contributed by atoms with Crippen molar-refractivity contribution in [2.24, 2.45) is 5.73 Å². The van der Waals surface area contributed by atoms with Crippen LogP contribution in [0.15, 0.2) is 30.3 Å². The van der Waals surface area contributed by atoms with Gasteiger partial charge in [0.05, 0.1) is 6.42 Å². The van der Waals surface area contributed by atoms with Crippen LogP contribution < -0.4 is 5.73 Å². The Morgan fingerprint density at radius 3 is 2.17 bits per heavy atom. The van der Waals surface area contributed by atoms with Gasteiger partial charge in [0.15, 0.2) is 0 Å².